The maximum Gasteiger partial charge on any atom is 0.441 e. The molecule has 0 saturated carbocycles. The molecule has 0 atom stereocenters. The Morgan fingerprint density at radius 2 is 1.92 bits per heavy atom. The van der Waals surface area contributed by atoms with Crippen LogP contribution in [0.15, 0.2) is 0 Å². The highest BCUT2D eigenvalue weighted by Gasteiger charge is 2.27. The van der Waals surface area contributed by atoms with Gasteiger partial charge in [-0.05, 0) is 12.8 Å². The summed E-state index contributed by atoms with van der Waals surface area (Å²) in [5.74, 6) is 0.0455. The summed E-state index contributed by atoms with van der Waals surface area (Å²) in [6, 6.07) is 0. The first-order chi connectivity index (χ1) is 5.95. The Bertz CT molecular complexity index is 156. The third-order valence-corrected chi connectivity index (χ3v) is 2.21. The van der Waals surface area contributed by atoms with Gasteiger partial charge in [0.25, 0.3) is 0 Å². The number of hydrogen-bond acceptors (Lipinski definition) is 2. The Labute approximate surface area is 80.1 Å². The first-order valence-electron chi connectivity index (χ1n) is 4.18. The van der Waals surface area contributed by atoms with Gasteiger partial charge in [-0.3, -0.25) is 4.79 Å². The van der Waals surface area contributed by atoms with Gasteiger partial charge in [0.2, 0.25) is 0 Å². The van der Waals surface area contributed by atoms with Crippen LogP contribution in [0.2, 0.25) is 0 Å². The molecule has 0 spiro atoms. The number of Topliss-reactive ketones (excluding diaryl/α,β-unsaturated/α-hetero) is 1. The van der Waals surface area contributed by atoms with Crippen LogP contribution in [-0.2, 0) is 4.79 Å². The maximum atomic E-state index is 11.6. The van der Waals surface area contributed by atoms with Crippen molar-refractivity contribution >= 4 is 17.5 Å². The van der Waals surface area contributed by atoms with E-state index < -0.39 is 5.51 Å². The van der Waals surface area contributed by atoms with Gasteiger partial charge in [-0.1, -0.05) is 18.7 Å². The molecular formula is C8H13F3OS. The summed E-state index contributed by atoms with van der Waals surface area (Å²) in [7, 11) is 0. The molecule has 0 unspecified atom stereocenters. The fraction of sp³-hybridized carbons (Fsp3) is 0.875. The highest BCUT2D eigenvalue weighted by Crippen LogP contribution is 2.30. The van der Waals surface area contributed by atoms with Crippen LogP contribution in [0.4, 0.5) is 13.2 Å². The van der Waals surface area contributed by atoms with Gasteiger partial charge in [-0.15, -0.1) is 0 Å². The second kappa shape index (κ2) is 6.29. The Balaban J connectivity index is 3.31. The molecule has 0 rings (SSSR count). The van der Waals surface area contributed by atoms with Gasteiger partial charge in [0.05, 0.1) is 0 Å². The van der Waals surface area contributed by atoms with Gasteiger partial charge >= 0.3 is 5.51 Å². The van der Waals surface area contributed by atoms with Crippen molar-refractivity contribution in [3.05, 3.63) is 0 Å². The van der Waals surface area contributed by atoms with E-state index in [-0.39, 0.29) is 29.7 Å². The van der Waals surface area contributed by atoms with Gasteiger partial charge in [0, 0.05) is 18.6 Å². The molecule has 78 valence electrons. The van der Waals surface area contributed by atoms with Gasteiger partial charge < -0.3 is 0 Å². The van der Waals surface area contributed by atoms with Crippen LogP contribution in [0.1, 0.15) is 32.6 Å². The quantitative estimate of drug-likeness (QED) is 0.630. The van der Waals surface area contributed by atoms with Crippen molar-refractivity contribution in [3.8, 4) is 0 Å². The zero-order valence-corrected chi connectivity index (χ0v) is 8.30. The lowest BCUT2D eigenvalue weighted by atomic mass is 10.1. The minimum absolute atomic E-state index is 0.0149. The van der Waals surface area contributed by atoms with E-state index >= 15 is 0 Å². The van der Waals surface area contributed by atoms with Crippen LogP contribution in [0.5, 0.6) is 0 Å². The molecule has 13 heavy (non-hydrogen) atoms. The number of halogens is 3. The van der Waals surface area contributed by atoms with Crippen molar-refractivity contribution in [2.75, 3.05) is 5.75 Å². The van der Waals surface area contributed by atoms with Crippen molar-refractivity contribution in [2.45, 2.75) is 38.1 Å². The lowest BCUT2D eigenvalue weighted by Gasteiger charge is -2.04. The lowest BCUT2D eigenvalue weighted by Crippen LogP contribution is -2.03. The molecule has 0 aliphatic carbocycles. The Morgan fingerprint density at radius 3 is 2.38 bits per heavy atom. The van der Waals surface area contributed by atoms with Crippen molar-refractivity contribution in [3.63, 3.8) is 0 Å². The van der Waals surface area contributed by atoms with Crippen LogP contribution in [0.3, 0.4) is 0 Å². The monoisotopic (exact) mass is 214 g/mol. The zero-order valence-electron chi connectivity index (χ0n) is 7.49. The Kier molecular flexibility index (Phi) is 6.20. The molecule has 0 N–H and O–H groups in total. The van der Waals surface area contributed by atoms with E-state index in [9.17, 15) is 18.0 Å². The standard InChI is InChI=1S/C8H13F3OS/c1-2-4-7(12)5-3-6-13-8(9,10)11/h2-6H2,1H3. The highest BCUT2D eigenvalue weighted by molar-refractivity contribution is 8.00. The molecule has 0 aromatic carbocycles. The molecule has 0 bridgehead atoms. The summed E-state index contributed by atoms with van der Waals surface area (Å²) < 4.78 is 34.8. The summed E-state index contributed by atoms with van der Waals surface area (Å²) in [5, 5.41) is 0. The predicted molar refractivity (Wildman–Crippen MR) is 47.7 cm³/mol. The SMILES string of the molecule is CCCC(=O)CCCSC(F)(F)F. The number of hydrogen-bond donors (Lipinski definition) is 0. The molecular weight excluding hydrogens is 201 g/mol. The largest absolute Gasteiger partial charge is 0.441 e. The summed E-state index contributed by atoms with van der Waals surface area (Å²) >= 11 is -0.0586. The van der Waals surface area contributed by atoms with Gasteiger partial charge in [-0.25, -0.2) is 0 Å². The van der Waals surface area contributed by atoms with Crippen molar-refractivity contribution < 1.29 is 18.0 Å². The molecule has 1 nitrogen and oxygen atoms in total. The lowest BCUT2D eigenvalue weighted by molar-refractivity contribution is -0.119. The summed E-state index contributed by atoms with van der Waals surface area (Å²) in [6.45, 7) is 1.88. The Hall–Kier alpha value is -0.190. The van der Waals surface area contributed by atoms with Gasteiger partial charge in [0.15, 0.2) is 0 Å². The maximum absolute atomic E-state index is 11.6. The fourth-order valence-electron chi connectivity index (χ4n) is 0.861. The minimum Gasteiger partial charge on any atom is -0.300 e. The summed E-state index contributed by atoms with van der Waals surface area (Å²) in [5.41, 5.74) is -4.16. The fourth-order valence-corrected chi connectivity index (χ4v) is 1.38. The van der Waals surface area contributed by atoms with Crippen LogP contribution >= 0.6 is 11.8 Å². The topological polar surface area (TPSA) is 17.1 Å². The zero-order chi connectivity index (χ0) is 10.3. The van der Waals surface area contributed by atoms with Crippen LogP contribution < -0.4 is 0 Å². The third kappa shape index (κ3) is 9.73. The molecule has 0 aliphatic rings. The van der Waals surface area contributed by atoms with E-state index in [0.717, 1.165) is 6.42 Å². The number of carbonyl (C=O) groups excluding carboxylic acids is 1. The molecule has 0 aliphatic heterocycles. The van der Waals surface area contributed by atoms with E-state index in [1.54, 1.807) is 0 Å². The second-order valence-electron chi connectivity index (χ2n) is 2.69. The van der Waals surface area contributed by atoms with Crippen molar-refractivity contribution in [1.82, 2.24) is 0 Å². The smallest absolute Gasteiger partial charge is 0.300 e. The van der Waals surface area contributed by atoms with E-state index in [4.69, 9.17) is 0 Å². The molecule has 0 radical (unpaired) electrons. The molecule has 0 aromatic rings. The average Bonchev–Trinajstić information content (AvgIpc) is 1.97. The molecule has 0 heterocycles. The van der Waals surface area contributed by atoms with E-state index in [0.29, 0.717) is 12.8 Å². The van der Waals surface area contributed by atoms with Crippen LogP contribution in [0, 0.1) is 0 Å². The summed E-state index contributed by atoms with van der Waals surface area (Å²) in [4.78, 5) is 10.9. The molecule has 5 heteroatoms. The van der Waals surface area contributed by atoms with E-state index in [1.807, 2.05) is 6.92 Å². The average molecular weight is 214 g/mol. The second-order valence-corrected chi connectivity index (χ2v) is 3.85. The van der Waals surface area contributed by atoms with E-state index in [1.165, 1.54) is 0 Å². The molecule has 0 saturated heterocycles. The first-order valence-corrected chi connectivity index (χ1v) is 5.16. The highest BCUT2D eigenvalue weighted by atomic mass is 32.2. The number of thioether (sulfide) groups is 1. The molecule has 0 aromatic heterocycles. The first kappa shape index (κ1) is 12.8. The molecule has 0 fully saturated rings. The molecule has 0 amide bonds. The number of rotatable bonds is 6. The predicted octanol–water partition coefficient (Wildman–Crippen LogP) is 3.39. The van der Waals surface area contributed by atoms with Crippen LogP contribution in [0.25, 0.3) is 0 Å². The van der Waals surface area contributed by atoms with E-state index in [2.05, 4.69) is 0 Å². The van der Waals surface area contributed by atoms with Crippen molar-refractivity contribution in [1.29, 1.82) is 0 Å². The van der Waals surface area contributed by atoms with Gasteiger partial charge in [0.1, 0.15) is 5.78 Å². The van der Waals surface area contributed by atoms with Crippen LogP contribution in [-0.4, -0.2) is 17.0 Å². The van der Waals surface area contributed by atoms with Crippen molar-refractivity contribution in [2.24, 2.45) is 0 Å². The number of carbonyl (C=O) groups is 1. The number of alkyl halides is 3. The third-order valence-electron chi connectivity index (χ3n) is 1.39. The summed E-state index contributed by atoms with van der Waals surface area (Å²) in [6.07, 6.45) is 1.85. The van der Waals surface area contributed by atoms with Gasteiger partial charge in [-0.2, -0.15) is 13.2 Å². The minimum atomic E-state index is -4.16. The normalized spacial score (nSPS) is 11.7. The Morgan fingerprint density at radius 1 is 1.31 bits per heavy atom. The number of ketones is 1.